The monoisotopic (exact) mass is 551 g/mol. The van der Waals surface area contributed by atoms with E-state index in [2.05, 4.69) is 14.7 Å². The molecule has 0 radical (unpaired) electrons. The quantitative estimate of drug-likeness (QED) is 0.283. The van der Waals surface area contributed by atoms with Crippen LogP contribution in [0.5, 0.6) is 0 Å². The number of benzene rings is 2. The van der Waals surface area contributed by atoms with Crippen LogP contribution < -0.4 is 4.72 Å². The average molecular weight is 552 g/mol. The molecule has 2 aromatic carbocycles. The summed E-state index contributed by atoms with van der Waals surface area (Å²) in [6, 6.07) is 17.0. The van der Waals surface area contributed by atoms with Crippen molar-refractivity contribution >= 4 is 33.0 Å². The Morgan fingerprint density at radius 3 is 2.11 bits per heavy atom. The summed E-state index contributed by atoms with van der Waals surface area (Å²) >= 11 is 7.09. The van der Waals surface area contributed by atoms with Crippen LogP contribution in [-0.4, -0.2) is 23.9 Å². The standard InChI is InChI=1S/C25H21ClF3N3O2S2/c1-24(2,3)32-36(33,34)18-9-5-7-16(13-18)15-6-4-8-17(12-15)23-30-19(20-10-11-22(26)35-20)14-21(31-23)25(27,28)29/h4-14,32H,1-3H3. The fourth-order valence-electron chi connectivity index (χ4n) is 3.44. The average Bonchev–Trinajstić information content (AvgIpc) is 3.23. The molecule has 188 valence electrons. The van der Waals surface area contributed by atoms with E-state index in [1.165, 1.54) is 12.1 Å². The molecule has 0 bridgehead atoms. The summed E-state index contributed by atoms with van der Waals surface area (Å²) in [5.74, 6) is -0.107. The van der Waals surface area contributed by atoms with Crippen molar-refractivity contribution in [2.45, 2.75) is 37.4 Å². The fourth-order valence-corrected chi connectivity index (χ4v) is 5.91. The van der Waals surface area contributed by atoms with Crippen molar-refractivity contribution in [3.63, 3.8) is 0 Å². The number of rotatable bonds is 5. The molecule has 0 aliphatic rings. The Balaban J connectivity index is 1.78. The highest BCUT2D eigenvalue weighted by molar-refractivity contribution is 7.89. The second-order valence-electron chi connectivity index (χ2n) is 9.03. The van der Waals surface area contributed by atoms with E-state index >= 15 is 0 Å². The van der Waals surface area contributed by atoms with E-state index in [4.69, 9.17) is 11.6 Å². The molecule has 4 rings (SSSR count). The molecule has 2 heterocycles. The minimum absolute atomic E-state index is 0.0764. The highest BCUT2D eigenvalue weighted by Crippen LogP contribution is 2.36. The van der Waals surface area contributed by atoms with E-state index in [1.54, 1.807) is 69.3 Å². The van der Waals surface area contributed by atoms with Crippen LogP contribution in [0, 0.1) is 0 Å². The van der Waals surface area contributed by atoms with Crippen molar-refractivity contribution in [3.05, 3.63) is 76.8 Å². The number of hydrogen-bond acceptors (Lipinski definition) is 5. The van der Waals surface area contributed by atoms with Crippen LogP contribution in [0.25, 0.3) is 33.1 Å². The Hall–Kier alpha value is -2.79. The first-order valence-electron chi connectivity index (χ1n) is 10.7. The SMILES string of the molecule is CC(C)(C)NS(=O)(=O)c1cccc(-c2cccc(-c3nc(-c4ccc(Cl)s4)cc(C(F)(F)F)n3)c2)c1. The topological polar surface area (TPSA) is 72.0 Å². The van der Waals surface area contributed by atoms with Gasteiger partial charge in [-0.3, -0.25) is 0 Å². The molecule has 0 amide bonds. The molecule has 0 aliphatic carbocycles. The normalized spacial score (nSPS) is 12.6. The van der Waals surface area contributed by atoms with Crippen LogP contribution in [0.15, 0.2) is 71.6 Å². The van der Waals surface area contributed by atoms with Gasteiger partial charge in [-0.05, 0) is 68.3 Å². The second kappa shape index (κ2) is 9.59. The highest BCUT2D eigenvalue weighted by atomic mass is 35.5. The van der Waals surface area contributed by atoms with Crippen LogP contribution in [0.4, 0.5) is 13.2 Å². The molecular formula is C25H21ClF3N3O2S2. The smallest absolute Gasteiger partial charge is 0.227 e. The van der Waals surface area contributed by atoms with Gasteiger partial charge in [-0.1, -0.05) is 41.9 Å². The molecule has 1 N–H and O–H groups in total. The maximum Gasteiger partial charge on any atom is 0.433 e. The highest BCUT2D eigenvalue weighted by Gasteiger charge is 2.34. The largest absolute Gasteiger partial charge is 0.433 e. The summed E-state index contributed by atoms with van der Waals surface area (Å²) < 4.78 is 69.5. The van der Waals surface area contributed by atoms with Gasteiger partial charge < -0.3 is 0 Å². The molecule has 5 nitrogen and oxygen atoms in total. The van der Waals surface area contributed by atoms with E-state index in [0.717, 1.165) is 17.4 Å². The lowest BCUT2D eigenvalue weighted by atomic mass is 10.0. The number of nitrogens with one attached hydrogen (secondary N) is 1. The van der Waals surface area contributed by atoms with Crippen molar-refractivity contribution < 1.29 is 21.6 Å². The summed E-state index contributed by atoms with van der Waals surface area (Å²) in [6.07, 6.45) is -4.67. The molecule has 11 heteroatoms. The summed E-state index contributed by atoms with van der Waals surface area (Å²) in [4.78, 5) is 8.69. The van der Waals surface area contributed by atoms with E-state index in [1.807, 2.05) is 0 Å². The van der Waals surface area contributed by atoms with Gasteiger partial charge in [-0.25, -0.2) is 23.1 Å². The Labute approximate surface area is 216 Å². The Morgan fingerprint density at radius 1 is 0.861 bits per heavy atom. The third kappa shape index (κ3) is 6.12. The van der Waals surface area contributed by atoms with Crippen molar-refractivity contribution in [3.8, 4) is 33.1 Å². The third-order valence-electron chi connectivity index (χ3n) is 4.88. The maximum atomic E-state index is 13.6. The van der Waals surface area contributed by atoms with E-state index in [9.17, 15) is 21.6 Å². The van der Waals surface area contributed by atoms with E-state index in [0.29, 0.717) is 25.9 Å². The number of alkyl halides is 3. The number of halogens is 4. The molecule has 0 saturated heterocycles. The minimum Gasteiger partial charge on any atom is -0.227 e. The number of sulfonamides is 1. The molecule has 0 unspecified atom stereocenters. The summed E-state index contributed by atoms with van der Waals surface area (Å²) in [5.41, 5.74) is -0.105. The third-order valence-corrected chi connectivity index (χ3v) is 7.89. The van der Waals surface area contributed by atoms with Gasteiger partial charge in [0.25, 0.3) is 0 Å². The molecule has 0 spiro atoms. The van der Waals surface area contributed by atoms with Crippen molar-refractivity contribution in [2.75, 3.05) is 0 Å². The van der Waals surface area contributed by atoms with Crippen molar-refractivity contribution in [1.29, 1.82) is 0 Å². The molecular weight excluding hydrogens is 531 g/mol. The first kappa shape index (κ1) is 26.3. The zero-order valence-electron chi connectivity index (χ0n) is 19.4. The molecule has 36 heavy (non-hydrogen) atoms. The molecule has 0 saturated carbocycles. The second-order valence-corrected chi connectivity index (χ2v) is 12.4. The zero-order valence-corrected chi connectivity index (χ0v) is 21.8. The molecule has 0 atom stereocenters. The van der Waals surface area contributed by atoms with Crippen LogP contribution in [0.3, 0.4) is 0 Å². The van der Waals surface area contributed by atoms with Gasteiger partial charge in [0, 0.05) is 11.1 Å². The Kier molecular flexibility index (Phi) is 7.00. The molecule has 4 aromatic rings. The fraction of sp³-hybridized carbons (Fsp3) is 0.200. The Morgan fingerprint density at radius 2 is 1.50 bits per heavy atom. The first-order valence-corrected chi connectivity index (χ1v) is 13.4. The number of thiophene rings is 1. The lowest BCUT2D eigenvalue weighted by Crippen LogP contribution is -2.40. The van der Waals surface area contributed by atoms with Crippen molar-refractivity contribution in [2.24, 2.45) is 0 Å². The lowest BCUT2D eigenvalue weighted by Gasteiger charge is -2.20. The van der Waals surface area contributed by atoms with Gasteiger partial charge >= 0.3 is 6.18 Å². The molecule has 2 aromatic heterocycles. The van der Waals surface area contributed by atoms with Gasteiger partial charge in [0.15, 0.2) is 5.82 Å². The van der Waals surface area contributed by atoms with Crippen molar-refractivity contribution in [1.82, 2.24) is 14.7 Å². The molecule has 0 aliphatic heterocycles. The molecule has 0 fully saturated rings. The van der Waals surface area contributed by atoms with Gasteiger partial charge in [0.2, 0.25) is 10.0 Å². The van der Waals surface area contributed by atoms with Crippen LogP contribution in [0.2, 0.25) is 4.34 Å². The summed E-state index contributed by atoms with van der Waals surface area (Å²) in [5, 5.41) is 0. The lowest BCUT2D eigenvalue weighted by molar-refractivity contribution is -0.141. The minimum atomic E-state index is -4.67. The first-order chi connectivity index (χ1) is 16.7. The predicted octanol–water partition coefficient (Wildman–Crippen LogP) is 7.29. The number of nitrogens with zero attached hydrogens (tertiary/aromatic N) is 2. The van der Waals surface area contributed by atoms with Crippen LogP contribution in [0.1, 0.15) is 26.5 Å². The van der Waals surface area contributed by atoms with Gasteiger partial charge in [0.05, 0.1) is 19.8 Å². The van der Waals surface area contributed by atoms with Crippen LogP contribution >= 0.6 is 22.9 Å². The van der Waals surface area contributed by atoms with Crippen LogP contribution in [-0.2, 0) is 16.2 Å². The number of hydrogen-bond donors (Lipinski definition) is 1. The number of aromatic nitrogens is 2. The van der Waals surface area contributed by atoms with Gasteiger partial charge in [0.1, 0.15) is 5.69 Å². The summed E-state index contributed by atoms with van der Waals surface area (Å²) in [6.45, 7) is 5.22. The van der Waals surface area contributed by atoms with Gasteiger partial charge in [-0.2, -0.15) is 13.2 Å². The van der Waals surface area contributed by atoms with E-state index < -0.39 is 27.4 Å². The predicted molar refractivity (Wildman–Crippen MR) is 136 cm³/mol. The van der Waals surface area contributed by atoms with E-state index in [-0.39, 0.29) is 16.4 Å². The summed E-state index contributed by atoms with van der Waals surface area (Å²) in [7, 11) is -3.78. The maximum absolute atomic E-state index is 13.6. The van der Waals surface area contributed by atoms with Gasteiger partial charge in [-0.15, -0.1) is 11.3 Å². The Bertz CT molecular complexity index is 1530. The zero-order chi connectivity index (χ0) is 26.3.